The van der Waals surface area contributed by atoms with Crippen LogP contribution in [0.4, 0.5) is 4.39 Å². The van der Waals surface area contributed by atoms with Crippen LogP contribution in [0, 0.1) is 5.82 Å². The Balaban J connectivity index is 1.81. The van der Waals surface area contributed by atoms with E-state index in [0.717, 1.165) is 26.7 Å². The van der Waals surface area contributed by atoms with Crippen molar-refractivity contribution in [3.8, 4) is 5.75 Å². The normalized spacial score (nSPS) is 12.1. The van der Waals surface area contributed by atoms with Crippen LogP contribution in [0.25, 0.3) is 0 Å². The van der Waals surface area contributed by atoms with E-state index in [1.807, 2.05) is 36.4 Å². The molecule has 3 aromatic carbocycles. The second-order valence-corrected chi connectivity index (χ2v) is 15.1. The average molecular weight is 455 g/mol. The highest BCUT2D eigenvalue weighted by atomic mass is 32.2. The highest BCUT2D eigenvalue weighted by Gasteiger charge is 2.37. The highest BCUT2D eigenvalue weighted by molar-refractivity contribution is 7.99. The minimum atomic E-state index is -1.84. The molecule has 31 heavy (non-hydrogen) atoms. The number of benzene rings is 3. The lowest BCUT2D eigenvalue weighted by Gasteiger charge is -2.36. The summed E-state index contributed by atoms with van der Waals surface area (Å²) in [5, 5.41) is 0.164. The van der Waals surface area contributed by atoms with Crippen LogP contribution in [0.15, 0.2) is 82.6 Å². The smallest absolute Gasteiger partial charge is 0.192 e. The highest BCUT2D eigenvalue weighted by Crippen LogP contribution is 2.39. The molecule has 2 nitrogen and oxygen atoms in total. The van der Waals surface area contributed by atoms with Crippen LogP contribution in [0.3, 0.4) is 0 Å². The Hall–Kier alpha value is -2.08. The van der Waals surface area contributed by atoms with Gasteiger partial charge >= 0.3 is 0 Å². The minimum Gasteiger partial charge on any atom is -0.488 e. The standard InChI is InChI=1S/C26H31FO2SSi/c1-26(2,3)31(4,5)29-19-21-11-16-24(28-18-20-9-7-6-8-10-20)25(17-21)30-23-14-12-22(27)13-15-23/h6-17H,18-19H2,1-5H3. The molecule has 0 saturated heterocycles. The summed E-state index contributed by atoms with van der Waals surface area (Å²) in [4.78, 5) is 1.97. The Kier molecular flexibility index (Phi) is 7.62. The second-order valence-electron chi connectivity index (χ2n) is 9.16. The van der Waals surface area contributed by atoms with E-state index in [-0.39, 0.29) is 10.9 Å². The van der Waals surface area contributed by atoms with E-state index in [1.165, 1.54) is 12.1 Å². The van der Waals surface area contributed by atoms with Crippen LogP contribution >= 0.6 is 11.8 Å². The van der Waals surface area contributed by atoms with Gasteiger partial charge in [0.25, 0.3) is 0 Å². The van der Waals surface area contributed by atoms with Gasteiger partial charge in [-0.25, -0.2) is 4.39 Å². The molecule has 0 aliphatic carbocycles. The molecule has 5 heteroatoms. The van der Waals surface area contributed by atoms with Gasteiger partial charge in [0.1, 0.15) is 18.2 Å². The maximum atomic E-state index is 13.3. The van der Waals surface area contributed by atoms with E-state index in [9.17, 15) is 4.39 Å². The molecule has 3 rings (SSSR count). The number of ether oxygens (including phenoxy) is 1. The summed E-state index contributed by atoms with van der Waals surface area (Å²) in [6.45, 7) is 12.3. The molecule has 164 valence electrons. The van der Waals surface area contributed by atoms with Gasteiger partial charge in [-0.05, 0) is 65.7 Å². The van der Waals surface area contributed by atoms with E-state index in [2.05, 4.69) is 46.0 Å². The SMILES string of the molecule is CC(C)(C)[Si](C)(C)OCc1ccc(OCc2ccccc2)c(Sc2ccc(F)cc2)c1. The summed E-state index contributed by atoms with van der Waals surface area (Å²) in [7, 11) is -1.84. The summed E-state index contributed by atoms with van der Waals surface area (Å²) in [5.41, 5.74) is 2.23. The van der Waals surface area contributed by atoms with Crippen LogP contribution in [0.2, 0.25) is 18.1 Å². The maximum absolute atomic E-state index is 13.3. The van der Waals surface area contributed by atoms with Crippen molar-refractivity contribution < 1.29 is 13.6 Å². The first-order valence-electron chi connectivity index (χ1n) is 10.5. The van der Waals surface area contributed by atoms with Gasteiger partial charge in [-0.1, -0.05) is 68.9 Å². The topological polar surface area (TPSA) is 18.5 Å². The second kappa shape index (κ2) is 10.0. The molecular weight excluding hydrogens is 423 g/mol. The molecule has 0 aliphatic rings. The zero-order valence-corrected chi connectivity index (χ0v) is 20.8. The fraction of sp³-hybridized carbons (Fsp3) is 0.308. The van der Waals surface area contributed by atoms with Gasteiger partial charge in [0.2, 0.25) is 0 Å². The van der Waals surface area contributed by atoms with Crippen LogP contribution in [0.1, 0.15) is 31.9 Å². The summed E-state index contributed by atoms with van der Waals surface area (Å²) < 4.78 is 25.9. The lowest BCUT2D eigenvalue weighted by atomic mass is 10.2. The van der Waals surface area contributed by atoms with Crippen LogP contribution < -0.4 is 4.74 Å². The van der Waals surface area contributed by atoms with Crippen molar-refractivity contribution in [2.75, 3.05) is 0 Å². The third-order valence-corrected chi connectivity index (χ3v) is 11.2. The lowest BCUT2D eigenvalue weighted by molar-refractivity contribution is 0.274. The molecule has 0 N–H and O–H groups in total. The van der Waals surface area contributed by atoms with E-state index >= 15 is 0 Å². The van der Waals surface area contributed by atoms with Crippen LogP contribution in [0.5, 0.6) is 5.75 Å². The Labute approximate surface area is 190 Å². The van der Waals surface area contributed by atoms with Gasteiger partial charge in [0, 0.05) is 4.90 Å². The Morgan fingerprint density at radius 1 is 0.839 bits per heavy atom. The average Bonchev–Trinajstić information content (AvgIpc) is 2.73. The van der Waals surface area contributed by atoms with E-state index in [4.69, 9.17) is 9.16 Å². The molecule has 0 spiro atoms. The molecule has 0 aliphatic heterocycles. The molecule has 0 amide bonds. The van der Waals surface area contributed by atoms with E-state index in [0.29, 0.717) is 13.2 Å². The molecule has 0 heterocycles. The fourth-order valence-electron chi connectivity index (χ4n) is 2.69. The monoisotopic (exact) mass is 454 g/mol. The molecule has 0 atom stereocenters. The first-order valence-corrected chi connectivity index (χ1v) is 14.2. The van der Waals surface area contributed by atoms with Crippen LogP contribution in [-0.4, -0.2) is 8.32 Å². The molecule has 0 radical (unpaired) electrons. The van der Waals surface area contributed by atoms with Crippen molar-refractivity contribution in [3.05, 3.63) is 89.7 Å². The number of hydrogen-bond acceptors (Lipinski definition) is 3. The fourth-order valence-corrected chi connectivity index (χ4v) is 4.61. The number of hydrogen-bond donors (Lipinski definition) is 0. The Bertz CT molecular complexity index is 983. The molecule has 0 unspecified atom stereocenters. The van der Waals surface area contributed by atoms with Crippen molar-refractivity contribution in [1.29, 1.82) is 0 Å². The van der Waals surface area contributed by atoms with Gasteiger partial charge in [-0.2, -0.15) is 0 Å². The first kappa shape index (κ1) is 23.6. The minimum absolute atomic E-state index is 0.164. The van der Waals surface area contributed by atoms with Crippen LogP contribution in [-0.2, 0) is 17.6 Å². The predicted molar refractivity (Wildman–Crippen MR) is 130 cm³/mol. The van der Waals surface area contributed by atoms with E-state index in [1.54, 1.807) is 23.9 Å². The zero-order valence-electron chi connectivity index (χ0n) is 18.9. The summed E-state index contributed by atoms with van der Waals surface area (Å²) in [5.74, 6) is 0.579. The predicted octanol–water partition coefficient (Wildman–Crippen LogP) is 8.08. The molecule has 0 fully saturated rings. The van der Waals surface area contributed by atoms with Gasteiger partial charge in [0.15, 0.2) is 8.32 Å². The largest absolute Gasteiger partial charge is 0.488 e. The van der Waals surface area contributed by atoms with Crippen molar-refractivity contribution >= 4 is 20.1 Å². The quantitative estimate of drug-likeness (QED) is 0.321. The van der Waals surface area contributed by atoms with Gasteiger partial charge < -0.3 is 9.16 Å². The van der Waals surface area contributed by atoms with E-state index < -0.39 is 8.32 Å². The maximum Gasteiger partial charge on any atom is 0.192 e. The van der Waals surface area contributed by atoms with Gasteiger partial charge in [-0.3, -0.25) is 0 Å². The van der Waals surface area contributed by atoms with Crippen molar-refractivity contribution in [2.45, 2.75) is 61.9 Å². The molecular formula is C26H31FO2SSi. The molecule has 0 saturated carbocycles. The summed E-state index contributed by atoms with van der Waals surface area (Å²) in [6.07, 6.45) is 0. The van der Waals surface area contributed by atoms with Gasteiger partial charge in [-0.15, -0.1) is 0 Å². The number of rotatable bonds is 8. The number of halogens is 1. The van der Waals surface area contributed by atoms with Gasteiger partial charge in [0.05, 0.1) is 11.5 Å². The summed E-state index contributed by atoms with van der Waals surface area (Å²) >= 11 is 1.58. The molecule has 0 bridgehead atoms. The van der Waals surface area contributed by atoms with Crippen molar-refractivity contribution in [2.24, 2.45) is 0 Å². The lowest BCUT2D eigenvalue weighted by Crippen LogP contribution is -2.40. The zero-order chi connectivity index (χ0) is 22.5. The Morgan fingerprint density at radius 3 is 2.16 bits per heavy atom. The summed E-state index contributed by atoms with van der Waals surface area (Å²) in [6, 6.07) is 22.9. The molecule has 0 aromatic heterocycles. The van der Waals surface area contributed by atoms with Crippen molar-refractivity contribution in [3.63, 3.8) is 0 Å². The first-order chi connectivity index (χ1) is 14.6. The third-order valence-electron chi connectivity index (χ3n) is 5.69. The molecule has 3 aromatic rings. The third kappa shape index (κ3) is 6.70. The Morgan fingerprint density at radius 2 is 1.52 bits per heavy atom. The van der Waals surface area contributed by atoms with Crippen molar-refractivity contribution in [1.82, 2.24) is 0 Å².